The molecule has 0 unspecified atom stereocenters. The predicted molar refractivity (Wildman–Crippen MR) is 64.2 cm³/mol. The Bertz CT molecular complexity index is 336. The molecule has 0 aliphatic heterocycles. The molecule has 0 radical (unpaired) electrons. The van der Waals surface area contributed by atoms with Crippen LogP contribution in [0.1, 0.15) is 32.5 Å². The Labute approximate surface area is 95.3 Å². The molecule has 0 aliphatic carbocycles. The molecule has 0 saturated heterocycles. The van der Waals surface area contributed by atoms with Crippen molar-refractivity contribution in [2.45, 2.75) is 39.7 Å². The number of nitrogens with two attached hydrogens (primary N) is 1. The Balaban J connectivity index is 2.93. The fourth-order valence-electron chi connectivity index (χ4n) is 1.34. The van der Waals surface area contributed by atoms with E-state index in [1.54, 1.807) is 6.92 Å². The van der Waals surface area contributed by atoms with E-state index in [0.717, 1.165) is 12.8 Å². The molecule has 0 aliphatic rings. The molecule has 1 aromatic heterocycles. The van der Waals surface area contributed by atoms with Gasteiger partial charge in [-0.15, -0.1) is 0 Å². The zero-order valence-corrected chi connectivity index (χ0v) is 10.1. The second-order valence-electron chi connectivity index (χ2n) is 3.48. The van der Waals surface area contributed by atoms with Gasteiger partial charge in [-0.1, -0.05) is 25.4 Å². The van der Waals surface area contributed by atoms with Gasteiger partial charge in [-0.25, -0.2) is 9.97 Å². The van der Waals surface area contributed by atoms with Crippen LogP contribution in [-0.4, -0.2) is 16.0 Å². The maximum atomic E-state index is 5.87. The van der Waals surface area contributed by atoms with E-state index in [0.29, 0.717) is 28.5 Å². The highest BCUT2D eigenvalue weighted by molar-refractivity contribution is 6.32. The lowest BCUT2D eigenvalue weighted by Crippen LogP contribution is -2.19. The van der Waals surface area contributed by atoms with Crippen LogP contribution in [0.3, 0.4) is 0 Å². The molecule has 1 aromatic rings. The van der Waals surface area contributed by atoms with Crippen LogP contribution in [0.15, 0.2) is 0 Å². The van der Waals surface area contributed by atoms with Gasteiger partial charge in [-0.05, 0) is 19.8 Å². The summed E-state index contributed by atoms with van der Waals surface area (Å²) >= 11 is 5.87. The Hall–Kier alpha value is -1.03. The molecule has 1 rings (SSSR count). The van der Waals surface area contributed by atoms with Gasteiger partial charge < -0.3 is 11.1 Å². The summed E-state index contributed by atoms with van der Waals surface area (Å²) in [4.78, 5) is 8.22. The summed E-state index contributed by atoms with van der Waals surface area (Å²) < 4.78 is 0. The average Bonchev–Trinajstić information content (AvgIpc) is 2.21. The van der Waals surface area contributed by atoms with E-state index in [2.05, 4.69) is 29.1 Å². The molecule has 0 bridgehead atoms. The quantitative estimate of drug-likeness (QED) is 0.778. The Morgan fingerprint density at radius 1 is 1.33 bits per heavy atom. The van der Waals surface area contributed by atoms with Crippen LogP contribution in [0.25, 0.3) is 0 Å². The zero-order valence-electron chi connectivity index (χ0n) is 9.34. The maximum absolute atomic E-state index is 5.87. The number of aromatic nitrogens is 2. The van der Waals surface area contributed by atoms with Gasteiger partial charge >= 0.3 is 0 Å². The van der Waals surface area contributed by atoms with Crippen molar-refractivity contribution in [1.82, 2.24) is 9.97 Å². The van der Waals surface area contributed by atoms with E-state index >= 15 is 0 Å². The zero-order chi connectivity index (χ0) is 11.4. The fourth-order valence-corrected chi connectivity index (χ4v) is 1.56. The highest BCUT2D eigenvalue weighted by Crippen LogP contribution is 2.24. The van der Waals surface area contributed by atoms with Crippen LogP contribution in [0, 0.1) is 6.92 Å². The summed E-state index contributed by atoms with van der Waals surface area (Å²) in [5, 5.41) is 3.58. The van der Waals surface area contributed by atoms with Crippen LogP contribution in [0.4, 0.5) is 11.5 Å². The van der Waals surface area contributed by atoms with E-state index in [4.69, 9.17) is 17.3 Å². The van der Waals surface area contributed by atoms with Crippen molar-refractivity contribution in [3.05, 3.63) is 11.0 Å². The number of hydrogen-bond acceptors (Lipinski definition) is 4. The van der Waals surface area contributed by atoms with Gasteiger partial charge in [0.15, 0.2) is 11.0 Å². The third-order valence-corrected chi connectivity index (χ3v) is 2.63. The van der Waals surface area contributed by atoms with Crippen molar-refractivity contribution in [2.75, 3.05) is 11.1 Å². The maximum Gasteiger partial charge on any atom is 0.157 e. The van der Waals surface area contributed by atoms with E-state index in [9.17, 15) is 0 Å². The van der Waals surface area contributed by atoms with E-state index in [1.165, 1.54) is 0 Å². The van der Waals surface area contributed by atoms with E-state index in [-0.39, 0.29) is 0 Å². The summed E-state index contributed by atoms with van der Waals surface area (Å²) in [6.07, 6.45) is 2.05. The van der Waals surface area contributed by atoms with Crippen molar-refractivity contribution in [2.24, 2.45) is 0 Å². The lowest BCUT2D eigenvalue weighted by molar-refractivity contribution is 0.668. The number of hydrogen-bond donors (Lipinski definition) is 2. The molecule has 4 nitrogen and oxygen atoms in total. The summed E-state index contributed by atoms with van der Waals surface area (Å²) in [5.41, 5.74) is 6.21. The number of rotatable bonds is 4. The normalized spacial score (nSPS) is 10.7. The monoisotopic (exact) mass is 228 g/mol. The predicted octanol–water partition coefficient (Wildman–Crippen LogP) is 2.62. The molecule has 0 aromatic carbocycles. The number of aryl methyl sites for hydroxylation is 1. The van der Waals surface area contributed by atoms with Crippen molar-refractivity contribution < 1.29 is 0 Å². The third kappa shape index (κ3) is 2.96. The van der Waals surface area contributed by atoms with Gasteiger partial charge in [0.25, 0.3) is 0 Å². The van der Waals surface area contributed by atoms with Gasteiger partial charge in [0, 0.05) is 6.04 Å². The third-order valence-electron chi connectivity index (χ3n) is 2.34. The van der Waals surface area contributed by atoms with Crippen LogP contribution in [-0.2, 0) is 0 Å². The van der Waals surface area contributed by atoms with Gasteiger partial charge in [-0.2, -0.15) is 0 Å². The summed E-state index contributed by atoms with van der Waals surface area (Å²) in [6, 6.07) is 0.373. The summed E-state index contributed by atoms with van der Waals surface area (Å²) in [7, 11) is 0. The summed E-state index contributed by atoms with van der Waals surface area (Å²) in [6.45, 7) is 6.03. The molecule has 15 heavy (non-hydrogen) atoms. The molecule has 1 heterocycles. The Morgan fingerprint density at radius 2 is 1.93 bits per heavy atom. The molecule has 0 fully saturated rings. The van der Waals surface area contributed by atoms with Crippen molar-refractivity contribution in [3.63, 3.8) is 0 Å². The molecule has 84 valence electrons. The lowest BCUT2D eigenvalue weighted by atomic mass is 10.2. The number of nitrogens with one attached hydrogen (secondary N) is 1. The number of halogens is 1. The first-order chi connectivity index (χ1) is 7.08. The first-order valence-electron chi connectivity index (χ1n) is 5.14. The van der Waals surface area contributed by atoms with Gasteiger partial charge in [0.2, 0.25) is 0 Å². The molecule has 0 saturated carbocycles. The number of anilines is 2. The lowest BCUT2D eigenvalue weighted by Gasteiger charge is -2.17. The molecular formula is C10H17ClN4. The minimum absolute atomic E-state index is 0.316. The largest absolute Gasteiger partial charge is 0.393 e. The molecule has 0 amide bonds. The van der Waals surface area contributed by atoms with Crippen LogP contribution in [0.5, 0.6) is 0 Å². The Morgan fingerprint density at radius 3 is 2.47 bits per heavy atom. The first kappa shape index (κ1) is 12.0. The molecule has 3 N–H and O–H groups in total. The average molecular weight is 229 g/mol. The minimum atomic E-state index is 0.316. The topological polar surface area (TPSA) is 63.8 Å². The molecule has 0 spiro atoms. The van der Waals surface area contributed by atoms with Crippen LogP contribution in [0.2, 0.25) is 5.15 Å². The van der Waals surface area contributed by atoms with Gasteiger partial charge in [0.1, 0.15) is 11.5 Å². The highest BCUT2D eigenvalue weighted by atomic mass is 35.5. The first-order valence-corrected chi connectivity index (χ1v) is 5.52. The smallest absolute Gasteiger partial charge is 0.157 e. The van der Waals surface area contributed by atoms with Crippen LogP contribution < -0.4 is 11.1 Å². The molecule has 5 heteroatoms. The Kier molecular flexibility index (Phi) is 4.15. The van der Waals surface area contributed by atoms with E-state index in [1.807, 2.05) is 0 Å². The number of nitrogens with zero attached hydrogens (tertiary/aromatic N) is 2. The molecular weight excluding hydrogens is 212 g/mol. The van der Waals surface area contributed by atoms with Gasteiger partial charge in [-0.3, -0.25) is 0 Å². The standard InChI is InChI=1S/C10H17ClN4/c1-4-7(5-2)15-10-8(12)9(11)13-6(3)14-10/h7H,4-5,12H2,1-3H3,(H,13,14,15). The SMILES string of the molecule is CCC(CC)Nc1nc(C)nc(Cl)c1N. The second-order valence-corrected chi connectivity index (χ2v) is 3.84. The second kappa shape index (κ2) is 5.16. The van der Waals surface area contributed by atoms with Crippen molar-refractivity contribution in [3.8, 4) is 0 Å². The number of nitrogen functional groups attached to an aromatic ring is 1. The van der Waals surface area contributed by atoms with Crippen molar-refractivity contribution >= 4 is 23.1 Å². The molecule has 0 atom stereocenters. The minimum Gasteiger partial charge on any atom is -0.393 e. The van der Waals surface area contributed by atoms with Gasteiger partial charge in [0.05, 0.1) is 0 Å². The van der Waals surface area contributed by atoms with Crippen molar-refractivity contribution in [1.29, 1.82) is 0 Å². The highest BCUT2D eigenvalue weighted by Gasteiger charge is 2.11. The fraction of sp³-hybridized carbons (Fsp3) is 0.600. The summed E-state index contributed by atoms with van der Waals surface area (Å²) in [5.74, 6) is 1.27. The van der Waals surface area contributed by atoms with Crippen LogP contribution >= 0.6 is 11.6 Å². The van der Waals surface area contributed by atoms with E-state index < -0.39 is 0 Å².